The Morgan fingerprint density at radius 1 is 1.64 bits per heavy atom. The maximum atomic E-state index is 11.8. The fourth-order valence-electron chi connectivity index (χ4n) is 1.96. The van der Waals surface area contributed by atoms with Crippen LogP contribution in [0.1, 0.15) is 26.2 Å². The summed E-state index contributed by atoms with van der Waals surface area (Å²) in [6.07, 6.45) is 2.95. The normalized spacial score (nSPS) is 34.1. The Kier molecular flexibility index (Phi) is 2.49. The minimum Gasteiger partial charge on any atom is -0.378 e. The molecule has 80 valence electrons. The van der Waals surface area contributed by atoms with Gasteiger partial charge in [0.05, 0.1) is 17.6 Å². The van der Waals surface area contributed by atoms with Crippen LogP contribution in [0.25, 0.3) is 0 Å². The fourth-order valence-corrected chi connectivity index (χ4v) is 1.96. The number of hydrogen-bond donors (Lipinski definition) is 2. The molecule has 1 saturated heterocycles. The van der Waals surface area contributed by atoms with Gasteiger partial charge < -0.3 is 15.8 Å². The van der Waals surface area contributed by atoms with E-state index in [9.17, 15) is 4.79 Å². The lowest BCUT2D eigenvalue weighted by Gasteiger charge is -2.19. The van der Waals surface area contributed by atoms with Gasteiger partial charge in [-0.2, -0.15) is 0 Å². The zero-order chi connectivity index (χ0) is 10.2. The molecule has 1 amide bonds. The van der Waals surface area contributed by atoms with Crippen molar-refractivity contribution in [2.24, 2.45) is 11.7 Å². The zero-order valence-corrected chi connectivity index (χ0v) is 8.58. The van der Waals surface area contributed by atoms with Gasteiger partial charge in [0.25, 0.3) is 0 Å². The molecule has 2 atom stereocenters. The van der Waals surface area contributed by atoms with Gasteiger partial charge in [0.2, 0.25) is 5.91 Å². The molecule has 2 aliphatic rings. The highest BCUT2D eigenvalue weighted by atomic mass is 16.5. The van der Waals surface area contributed by atoms with Crippen LogP contribution in [0.2, 0.25) is 0 Å². The van der Waals surface area contributed by atoms with E-state index in [0.29, 0.717) is 13.2 Å². The number of carbonyl (C=O) groups excluding carboxylic acids is 1. The Labute approximate surface area is 84.2 Å². The summed E-state index contributed by atoms with van der Waals surface area (Å²) in [6.45, 7) is 3.22. The van der Waals surface area contributed by atoms with Crippen LogP contribution in [0.5, 0.6) is 0 Å². The van der Waals surface area contributed by atoms with Gasteiger partial charge in [-0.3, -0.25) is 4.79 Å². The summed E-state index contributed by atoms with van der Waals surface area (Å²) >= 11 is 0. The van der Waals surface area contributed by atoms with Gasteiger partial charge in [0.15, 0.2) is 0 Å². The molecule has 1 saturated carbocycles. The molecule has 2 fully saturated rings. The molecule has 0 spiro atoms. The molecular formula is C10H18N2O2. The van der Waals surface area contributed by atoms with Crippen LogP contribution in [-0.4, -0.2) is 30.7 Å². The number of hydrogen-bond acceptors (Lipinski definition) is 3. The van der Waals surface area contributed by atoms with Crippen LogP contribution in [0.3, 0.4) is 0 Å². The van der Waals surface area contributed by atoms with Gasteiger partial charge in [-0.05, 0) is 26.2 Å². The van der Waals surface area contributed by atoms with Crippen LogP contribution in [0.15, 0.2) is 0 Å². The Hall–Kier alpha value is -0.610. The topological polar surface area (TPSA) is 64.3 Å². The van der Waals surface area contributed by atoms with Crippen molar-refractivity contribution in [1.29, 1.82) is 0 Å². The van der Waals surface area contributed by atoms with Crippen molar-refractivity contribution in [2.45, 2.75) is 37.8 Å². The van der Waals surface area contributed by atoms with E-state index in [-0.39, 0.29) is 23.5 Å². The summed E-state index contributed by atoms with van der Waals surface area (Å²) < 4.78 is 5.36. The van der Waals surface area contributed by atoms with Gasteiger partial charge in [-0.15, -0.1) is 0 Å². The minimum absolute atomic E-state index is 0.0269. The lowest BCUT2D eigenvalue weighted by molar-refractivity contribution is -0.127. The first kappa shape index (κ1) is 9.93. The first-order valence-electron chi connectivity index (χ1n) is 5.31. The number of amides is 1. The fraction of sp³-hybridized carbons (Fsp3) is 0.900. The van der Waals surface area contributed by atoms with Crippen LogP contribution in [0, 0.1) is 5.92 Å². The summed E-state index contributed by atoms with van der Waals surface area (Å²) in [5.74, 6) is 0.150. The van der Waals surface area contributed by atoms with E-state index in [1.165, 1.54) is 0 Å². The van der Waals surface area contributed by atoms with Crippen molar-refractivity contribution in [2.75, 3.05) is 13.2 Å². The molecule has 1 heterocycles. The van der Waals surface area contributed by atoms with Gasteiger partial charge in [-0.25, -0.2) is 0 Å². The third-order valence-corrected chi connectivity index (χ3v) is 3.35. The smallest absolute Gasteiger partial charge is 0.226 e. The molecule has 0 aromatic heterocycles. The molecule has 2 rings (SSSR count). The second-order valence-corrected chi connectivity index (χ2v) is 4.44. The molecule has 0 aromatic carbocycles. The summed E-state index contributed by atoms with van der Waals surface area (Å²) in [7, 11) is 0. The van der Waals surface area contributed by atoms with Gasteiger partial charge in [-0.1, -0.05) is 0 Å². The summed E-state index contributed by atoms with van der Waals surface area (Å²) in [6, 6.07) is 0. The number of rotatable bonds is 3. The van der Waals surface area contributed by atoms with E-state index < -0.39 is 0 Å². The molecule has 0 radical (unpaired) electrons. The summed E-state index contributed by atoms with van der Waals surface area (Å²) in [5, 5.41) is 3.05. The first-order valence-corrected chi connectivity index (χ1v) is 5.31. The van der Waals surface area contributed by atoms with Crippen LogP contribution < -0.4 is 11.1 Å². The average Bonchev–Trinajstić information content (AvgIpc) is 2.80. The number of ether oxygens (including phenoxy) is 1. The van der Waals surface area contributed by atoms with E-state index in [1.807, 2.05) is 6.92 Å². The molecule has 1 aliphatic heterocycles. The molecule has 4 heteroatoms. The van der Waals surface area contributed by atoms with Gasteiger partial charge in [0, 0.05) is 13.2 Å². The largest absolute Gasteiger partial charge is 0.378 e. The van der Waals surface area contributed by atoms with E-state index in [0.717, 1.165) is 19.3 Å². The Morgan fingerprint density at radius 2 is 2.36 bits per heavy atom. The highest BCUT2D eigenvalue weighted by Gasteiger charge is 2.44. The van der Waals surface area contributed by atoms with E-state index >= 15 is 0 Å². The average molecular weight is 198 g/mol. The third-order valence-electron chi connectivity index (χ3n) is 3.35. The number of nitrogens with one attached hydrogen (secondary N) is 1. The van der Waals surface area contributed by atoms with Crippen LogP contribution in [-0.2, 0) is 9.53 Å². The molecule has 0 bridgehead atoms. The van der Waals surface area contributed by atoms with E-state index in [2.05, 4.69) is 5.32 Å². The maximum Gasteiger partial charge on any atom is 0.226 e. The quantitative estimate of drug-likeness (QED) is 0.672. The van der Waals surface area contributed by atoms with Crippen LogP contribution in [0.4, 0.5) is 0 Å². The van der Waals surface area contributed by atoms with Crippen LogP contribution >= 0.6 is 0 Å². The predicted molar refractivity (Wildman–Crippen MR) is 52.7 cm³/mol. The lowest BCUT2D eigenvalue weighted by Crippen LogP contribution is -2.46. The number of carbonyl (C=O) groups is 1. The van der Waals surface area contributed by atoms with Crippen molar-refractivity contribution in [3.05, 3.63) is 0 Å². The molecule has 4 nitrogen and oxygen atoms in total. The van der Waals surface area contributed by atoms with Gasteiger partial charge in [0.1, 0.15) is 0 Å². The highest BCUT2D eigenvalue weighted by molar-refractivity contribution is 5.80. The standard InChI is InChI=1S/C10H18N2O2/c1-7-8(2-5-14-7)9(13)12-10(6-11)3-4-10/h7-8H,2-6,11H2,1H3,(H,12,13). The lowest BCUT2D eigenvalue weighted by atomic mass is 10.0. The van der Waals surface area contributed by atoms with Crippen molar-refractivity contribution < 1.29 is 9.53 Å². The third kappa shape index (κ3) is 1.77. The molecule has 1 aliphatic carbocycles. The van der Waals surface area contributed by atoms with Gasteiger partial charge >= 0.3 is 0 Å². The Balaban J connectivity index is 1.89. The summed E-state index contributed by atoms with van der Waals surface area (Å²) in [5.41, 5.74) is 5.53. The highest BCUT2D eigenvalue weighted by Crippen LogP contribution is 2.35. The second-order valence-electron chi connectivity index (χ2n) is 4.44. The van der Waals surface area contributed by atoms with E-state index in [1.54, 1.807) is 0 Å². The Morgan fingerprint density at radius 3 is 2.79 bits per heavy atom. The van der Waals surface area contributed by atoms with Crippen molar-refractivity contribution in [3.63, 3.8) is 0 Å². The predicted octanol–water partition coefficient (Wildman–Crippen LogP) is 0.0189. The van der Waals surface area contributed by atoms with E-state index in [4.69, 9.17) is 10.5 Å². The summed E-state index contributed by atoms with van der Waals surface area (Å²) in [4.78, 5) is 11.8. The molecular weight excluding hydrogens is 180 g/mol. The van der Waals surface area contributed by atoms with Crippen molar-refractivity contribution >= 4 is 5.91 Å². The maximum absolute atomic E-state index is 11.8. The molecule has 0 aromatic rings. The minimum atomic E-state index is -0.0700. The SMILES string of the molecule is CC1OCCC1C(=O)NC1(CN)CC1. The molecule has 3 N–H and O–H groups in total. The molecule has 2 unspecified atom stereocenters. The Bertz CT molecular complexity index is 238. The molecule has 14 heavy (non-hydrogen) atoms. The first-order chi connectivity index (χ1) is 6.67. The second kappa shape index (κ2) is 3.51. The van der Waals surface area contributed by atoms with Crippen molar-refractivity contribution in [1.82, 2.24) is 5.32 Å². The van der Waals surface area contributed by atoms with Crippen molar-refractivity contribution in [3.8, 4) is 0 Å². The number of nitrogens with two attached hydrogens (primary N) is 1. The zero-order valence-electron chi connectivity index (χ0n) is 8.58. The monoisotopic (exact) mass is 198 g/mol.